The second-order valence-corrected chi connectivity index (χ2v) is 5.34. The summed E-state index contributed by atoms with van der Waals surface area (Å²) in [6.45, 7) is 2.49. The first-order chi connectivity index (χ1) is 10.7. The number of carbonyl (C=O) groups excluding carboxylic acids is 2. The zero-order valence-corrected chi connectivity index (χ0v) is 12.5. The van der Waals surface area contributed by atoms with Crippen LogP contribution in [-0.2, 0) is 27.3 Å². The number of allylic oxidation sites excluding steroid dienone is 1. The third-order valence-electron chi connectivity index (χ3n) is 3.96. The fourth-order valence-corrected chi connectivity index (χ4v) is 2.85. The molecule has 3 rings (SSSR count). The van der Waals surface area contributed by atoms with Crippen molar-refractivity contribution >= 4 is 17.6 Å². The van der Waals surface area contributed by atoms with Gasteiger partial charge in [0, 0.05) is 25.6 Å². The van der Waals surface area contributed by atoms with Gasteiger partial charge in [-0.25, -0.2) is 4.79 Å². The molecule has 2 aliphatic rings. The molecule has 2 aliphatic heterocycles. The lowest BCUT2D eigenvalue weighted by atomic mass is 9.93. The number of rotatable bonds is 3. The molecule has 0 aliphatic carbocycles. The molecule has 1 aromatic carbocycles. The van der Waals surface area contributed by atoms with Crippen LogP contribution in [0.1, 0.15) is 24.5 Å². The van der Waals surface area contributed by atoms with Crippen molar-refractivity contribution in [3.8, 4) is 0 Å². The number of carbonyl (C=O) groups is 2. The largest absolute Gasteiger partial charge is 0.464 e. The van der Waals surface area contributed by atoms with Gasteiger partial charge in [-0.3, -0.25) is 9.79 Å². The monoisotopic (exact) mass is 298 g/mol. The Bertz CT molecular complexity index is 664. The van der Waals surface area contributed by atoms with Crippen molar-refractivity contribution in [3.63, 3.8) is 0 Å². The van der Waals surface area contributed by atoms with Gasteiger partial charge in [-0.2, -0.15) is 0 Å². The molecular weight excluding hydrogens is 280 g/mol. The van der Waals surface area contributed by atoms with Gasteiger partial charge in [-0.05, 0) is 18.1 Å². The van der Waals surface area contributed by atoms with Crippen molar-refractivity contribution in [2.24, 2.45) is 4.99 Å². The molecule has 1 atom stereocenters. The fraction of sp³-hybridized carbons (Fsp3) is 0.353. The Kier molecular flexibility index (Phi) is 4.04. The Labute approximate surface area is 129 Å². The number of hydrogen-bond acceptors (Lipinski definition) is 4. The van der Waals surface area contributed by atoms with E-state index in [0.29, 0.717) is 31.7 Å². The van der Waals surface area contributed by atoms with Crippen molar-refractivity contribution < 1.29 is 14.3 Å². The van der Waals surface area contributed by atoms with Crippen LogP contribution in [-0.4, -0.2) is 35.1 Å². The first-order valence-corrected chi connectivity index (χ1v) is 7.46. The summed E-state index contributed by atoms with van der Waals surface area (Å²) in [6.07, 6.45) is 4.48. The molecule has 1 unspecified atom stereocenters. The summed E-state index contributed by atoms with van der Waals surface area (Å²) in [6, 6.07) is 7.30. The van der Waals surface area contributed by atoms with E-state index in [-0.39, 0.29) is 11.9 Å². The van der Waals surface area contributed by atoms with Crippen molar-refractivity contribution in [2.75, 3.05) is 6.61 Å². The van der Waals surface area contributed by atoms with Gasteiger partial charge in [0.05, 0.1) is 6.61 Å². The van der Waals surface area contributed by atoms with E-state index in [0.717, 1.165) is 11.1 Å². The minimum absolute atomic E-state index is 0.183. The smallest absolute Gasteiger partial charge is 0.329 e. The molecule has 22 heavy (non-hydrogen) atoms. The van der Waals surface area contributed by atoms with Gasteiger partial charge in [0.1, 0.15) is 11.8 Å². The maximum Gasteiger partial charge on any atom is 0.329 e. The van der Waals surface area contributed by atoms with E-state index in [1.165, 1.54) is 0 Å². The molecule has 0 saturated heterocycles. The molecule has 5 nitrogen and oxygen atoms in total. The van der Waals surface area contributed by atoms with E-state index in [9.17, 15) is 9.59 Å². The van der Waals surface area contributed by atoms with Gasteiger partial charge in [0.25, 0.3) is 5.91 Å². The molecular formula is C17H18N2O3. The summed E-state index contributed by atoms with van der Waals surface area (Å²) < 4.78 is 5.15. The highest BCUT2D eigenvalue weighted by Crippen LogP contribution is 2.25. The molecule has 0 aromatic heterocycles. The highest BCUT2D eigenvalue weighted by Gasteiger charge is 2.37. The average Bonchev–Trinajstić information content (AvgIpc) is 3.07. The number of amides is 1. The number of ether oxygens (including phenoxy) is 1. The van der Waals surface area contributed by atoms with Gasteiger partial charge >= 0.3 is 5.97 Å². The van der Waals surface area contributed by atoms with Crippen molar-refractivity contribution in [1.29, 1.82) is 0 Å². The third-order valence-corrected chi connectivity index (χ3v) is 3.96. The molecule has 0 spiro atoms. The minimum atomic E-state index is -0.578. The molecule has 2 heterocycles. The molecule has 0 bridgehead atoms. The average molecular weight is 298 g/mol. The Morgan fingerprint density at radius 3 is 2.77 bits per heavy atom. The normalized spacial score (nSPS) is 19.6. The van der Waals surface area contributed by atoms with Crippen LogP contribution in [0.4, 0.5) is 0 Å². The van der Waals surface area contributed by atoms with Crippen molar-refractivity contribution in [3.05, 3.63) is 47.7 Å². The van der Waals surface area contributed by atoms with Crippen LogP contribution in [0.2, 0.25) is 0 Å². The van der Waals surface area contributed by atoms with Crippen LogP contribution in [0, 0.1) is 0 Å². The van der Waals surface area contributed by atoms with Crippen LogP contribution < -0.4 is 0 Å². The highest BCUT2D eigenvalue weighted by molar-refractivity contribution is 6.40. The van der Waals surface area contributed by atoms with Crippen molar-refractivity contribution in [2.45, 2.75) is 32.4 Å². The van der Waals surface area contributed by atoms with Crippen LogP contribution in [0.5, 0.6) is 0 Å². The Morgan fingerprint density at radius 1 is 1.32 bits per heavy atom. The Hall–Kier alpha value is -2.43. The minimum Gasteiger partial charge on any atom is -0.464 e. The van der Waals surface area contributed by atoms with E-state index < -0.39 is 6.04 Å². The number of esters is 1. The predicted octanol–water partition coefficient (Wildman–Crippen LogP) is 1.86. The molecule has 0 radical (unpaired) electrons. The molecule has 0 saturated carbocycles. The van der Waals surface area contributed by atoms with Crippen LogP contribution in [0.3, 0.4) is 0 Å². The van der Waals surface area contributed by atoms with E-state index >= 15 is 0 Å². The molecule has 1 amide bonds. The molecule has 114 valence electrons. The lowest BCUT2D eigenvalue weighted by Gasteiger charge is -2.35. The molecule has 1 aromatic rings. The molecule has 0 fully saturated rings. The van der Waals surface area contributed by atoms with E-state index in [1.807, 2.05) is 30.3 Å². The summed E-state index contributed by atoms with van der Waals surface area (Å²) in [7, 11) is 0. The standard InChI is InChI=1S/C17H18N2O3/c1-2-22-17(21)15-10-12-6-3-4-7-13(12)11-19(15)16(20)14-8-5-9-18-14/h3-7,9,15H,2,8,10-11H2,1H3. The number of hydrogen-bond donors (Lipinski definition) is 0. The zero-order chi connectivity index (χ0) is 15.5. The second kappa shape index (κ2) is 6.13. The van der Waals surface area contributed by atoms with Gasteiger partial charge in [0.15, 0.2) is 0 Å². The highest BCUT2D eigenvalue weighted by atomic mass is 16.5. The predicted molar refractivity (Wildman–Crippen MR) is 82.3 cm³/mol. The van der Waals surface area contributed by atoms with Crippen LogP contribution in [0.15, 0.2) is 41.5 Å². The van der Waals surface area contributed by atoms with E-state index in [1.54, 1.807) is 18.0 Å². The van der Waals surface area contributed by atoms with Gasteiger partial charge in [-0.15, -0.1) is 0 Å². The topological polar surface area (TPSA) is 59.0 Å². The van der Waals surface area contributed by atoms with Gasteiger partial charge in [-0.1, -0.05) is 30.3 Å². The van der Waals surface area contributed by atoms with E-state index in [2.05, 4.69) is 4.99 Å². The first kappa shape index (κ1) is 14.5. The first-order valence-electron chi connectivity index (χ1n) is 7.46. The van der Waals surface area contributed by atoms with Crippen LogP contribution >= 0.6 is 0 Å². The Balaban J connectivity index is 1.90. The van der Waals surface area contributed by atoms with E-state index in [4.69, 9.17) is 4.74 Å². The molecule has 0 N–H and O–H groups in total. The number of aliphatic imine (C=N–C) groups is 1. The van der Waals surface area contributed by atoms with Crippen LogP contribution in [0.25, 0.3) is 0 Å². The maximum atomic E-state index is 12.7. The summed E-state index contributed by atoms with van der Waals surface area (Å²) in [4.78, 5) is 30.6. The number of benzene rings is 1. The summed E-state index contributed by atoms with van der Waals surface area (Å²) in [5.74, 6) is -0.533. The summed E-state index contributed by atoms with van der Waals surface area (Å²) in [5.41, 5.74) is 2.65. The lowest BCUT2D eigenvalue weighted by molar-refractivity contribution is -0.154. The second-order valence-electron chi connectivity index (χ2n) is 5.34. The lowest BCUT2D eigenvalue weighted by Crippen LogP contribution is -2.51. The summed E-state index contributed by atoms with van der Waals surface area (Å²) in [5, 5.41) is 0. The van der Waals surface area contributed by atoms with Crippen molar-refractivity contribution in [1.82, 2.24) is 4.90 Å². The number of fused-ring (bicyclic) bond motifs is 1. The SMILES string of the molecule is CCOC(=O)C1Cc2ccccc2CN1C(=O)C1=NC=CC1. The van der Waals surface area contributed by atoms with Gasteiger partial charge < -0.3 is 9.64 Å². The third kappa shape index (κ3) is 2.66. The zero-order valence-electron chi connectivity index (χ0n) is 12.5. The fourth-order valence-electron chi connectivity index (χ4n) is 2.85. The number of nitrogens with zero attached hydrogens (tertiary/aromatic N) is 2. The Morgan fingerprint density at radius 2 is 2.09 bits per heavy atom. The quantitative estimate of drug-likeness (QED) is 0.800. The maximum absolute atomic E-state index is 12.7. The molecule has 5 heteroatoms. The summed E-state index contributed by atoms with van der Waals surface area (Å²) >= 11 is 0. The van der Waals surface area contributed by atoms with Gasteiger partial charge in [0.2, 0.25) is 0 Å².